The molecule has 0 heterocycles. The lowest BCUT2D eigenvalue weighted by atomic mass is 10.3. The van der Waals surface area contributed by atoms with Crippen LogP contribution in [0.4, 0.5) is 0 Å². The van der Waals surface area contributed by atoms with E-state index in [9.17, 15) is 0 Å². The predicted molar refractivity (Wildman–Crippen MR) is 147 cm³/mol. The van der Waals surface area contributed by atoms with Crippen LogP contribution >= 0.6 is 0 Å². The lowest BCUT2D eigenvalue weighted by Gasteiger charge is -2.41. The van der Waals surface area contributed by atoms with E-state index < -0.39 is 17.4 Å². The standard InChI is InChI=1S/C30H32OSi2/c1-3-4-17-26(2)33(29-22-13-7-14-23-29,30-24-15-8-16-25-30)31-32(27-18-9-5-10-19-27)28-20-11-6-12-21-28/h3-16,18-26,32H,17H2,1-2H3/b4-3-. The normalized spacial score (nSPS) is 12.8. The topological polar surface area (TPSA) is 9.23 Å². The molecule has 1 unspecified atom stereocenters. The third kappa shape index (κ3) is 5.17. The Balaban J connectivity index is 1.94. The first-order chi connectivity index (χ1) is 16.3. The van der Waals surface area contributed by atoms with Crippen molar-refractivity contribution in [2.45, 2.75) is 25.8 Å². The first kappa shape index (κ1) is 23.2. The lowest BCUT2D eigenvalue weighted by molar-refractivity contribution is 0.574. The zero-order chi connectivity index (χ0) is 22.9. The molecule has 0 amide bonds. The van der Waals surface area contributed by atoms with E-state index in [1.165, 1.54) is 20.7 Å². The second-order valence-corrected chi connectivity index (χ2v) is 15.1. The fourth-order valence-corrected chi connectivity index (χ4v) is 14.1. The van der Waals surface area contributed by atoms with E-state index in [1.54, 1.807) is 0 Å². The highest BCUT2D eigenvalue weighted by molar-refractivity contribution is 7.04. The van der Waals surface area contributed by atoms with E-state index in [0.29, 0.717) is 5.54 Å². The highest BCUT2D eigenvalue weighted by Crippen LogP contribution is 2.28. The second-order valence-electron chi connectivity index (χ2n) is 8.49. The molecule has 3 heteroatoms. The van der Waals surface area contributed by atoms with Crippen LogP contribution < -0.4 is 20.7 Å². The predicted octanol–water partition coefficient (Wildman–Crippen LogP) is 4.66. The van der Waals surface area contributed by atoms with Crippen LogP contribution in [-0.4, -0.2) is 17.4 Å². The van der Waals surface area contributed by atoms with Gasteiger partial charge in [-0.15, -0.1) is 0 Å². The van der Waals surface area contributed by atoms with Crippen molar-refractivity contribution in [2.75, 3.05) is 0 Å². The monoisotopic (exact) mass is 464 g/mol. The third-order valence-electron chi connectivity index (χ3n) is 6.33. The van der Waals surface area contributed by atoms with E-state index in [2.05, 4.69) is 147 Å². The number of benzene rings is 4. The molecular weight excluding hydrogens is 433 g/mol. The van der Waals surface area contributed by atoms with E-state index in [1.807, 2.05) is 0 Å². The van der Waals surface area contributed by atoms with Gasteiger partial charge in [-0.3, -0.25) is 0 Å². The first-order valence-electron chi connectivity index (χ1n) is 11.8. The molecule has 166 valence electrons. The number of allylic oxidation sites excluding steroid dienone is 2. The summed E-state index contributed by atoms with van der Waals surface area (Å²) in [6.07, 6.45) is 5.45. The molecule has 4 aromatic carbocycles. The number of hydrogen-bond donors (Lipinski definition) is 0. The molecule has 0 N–H and O–H groups in total. The smallest absolute Gasteiger partial charge is 0.248 e. The Kier molecular flexibility index (Phi) is 7.89. The number of rotatable bonds is 9. The minimum atomic E-state index is -2.61. The van der Waals surface area contributed by atoms with Gasteiger partial charge in [0, 0.05) is 0 Å². The van der Waals surface area contributed by atoms with Gasteiger partial charge in [0.1, 0.15) is 0 Å². The molecule has 33 heavy (non-hydrogen) atoms. The molecule has 0 spiro atoms. The van der Waals surface area contributed by atoms with Crippen LogP contribution in [0, 0.1) is 0 Å². The van der Waals surface area contributed by atoms with E-state index in [4.69, 9.17) is 4.12 Å². The van der Waals surface area contributed by atoms with Crippen LogP contribution in [0.25, 0.3) is 0 Å². The zero-order valence-electron chi connectivity index (χ0n) is 19.5. The molecule has 1 nitrogen and oxygen atoms in total. The maximum absolute atomic E-state index is 7.69. The lowest BCUT2D eigenvalue weighted by Crippen LogP contribution is -2.68. The Bertz CT molecular complexity index is 1050. The quantitative estimate of drug-likeness (QED) is 0.259. The fraction of sp³-hybridized carbons (Fsp3) is 0.133. The van der Waals surface area contributed by atoms with Gasteiger partial charge in [0.15, 0.2) is 0 Å². The summed E-state index contributed by atoms with van der Waals surface area (Å²) < 4.78 is 7.69. The van der Waals surface area contributed by atoms with Gasteiger partial charge in [0.05, 0.1) is 0 Å². The van der Waals surface area contributed by atoms with Crippen molar-refractivity contribution in [1.82, 2.24) is 0 Å². The van der Waals surface area contributed by atoms with Gasteiger partial charge in [-0.25, -0.2) is 0 Å². The van der Waals surface area contributed by atoms with Crippen molar-refractivity contribution >= 4 is 38.1 Å². The molecule has 4 rings (SSSR count). The highest BCUT2D eigenvalue weighted by Gasteiger charge is 2.46. The Labute approximate surface area is 201 Å². The molecule has 0 saturated carbocycles. The minimum Gasteiger partial charge on any atom is -0.444 e. The van der Waals surface area contributed by atoms with E-state index in [-0.39, 0.29) is 0 Å². The van der Waals surface area contributed by atoms with Gasteiger partial charge in [-0.1, -0.05) is 140 Å². The van der Waals surface area contributed by atoms with Gasteiger partial charge in [-0.05, 0) is 39.6 Å². The summed E-state index contributed by atoms with van der Waals surface area (Å²) in [7, 11) is -4.57. The summed E-state index contributed by atoms with van der Waals surface area (Å²) in [5.41, 5.74) is 0.376. The van der Waals surface area contributed by atoms with E-state index >= 15 is 0 Å². The summed E-state index contributed by atoms with van der Waals surface area (Å²) in [6, 6.07) is 43.7. The fourth-order valence-electron chi connectivity index (χ4n) is 4.64. The molecule has 0 aliphatic rings. The highest BCUT2D eigenvalue weighted by atomic mass is 28.4. The summed E-state index contributed by atoms with van der Waals surface area (Å²) in [4.78, 5) is 0. The Hall–Kier alpha value is -2.99. The Morgan fingerprint density at radius 1 is 0.667 bits per heavy atom. The molecule has 0 bridgehead atoms. The maximum Gasteiger partial charge on any atom is 0.248 e. The van der Waals surface area contributed by atoms with E-state index in [0.717, 1.165) is 6.42 Å². The molecule has 0 fully saturated rings. The SMILES string of the molecule is C/C=C\CC(C)[Si](O[SiH](c1ccccc1)c1ccccc1)(c1ccccc1)c1ccccc1. The van der Waals surface area contributed by atoms with Crippen molar-refractivity contribution in [3.8, 4) is 0 Å². The van der Waals surface area contributed by atoms with Crippen LogP contribution in [-0.2, 0) is 4.12 Å². The molecule has 0 aliphatic heterocycles. The average molecular weight is 465 g/mol. The molecule has 0 aromatic heterocycles. The van der Waals surface area contributed by atoms with Gasteiger partial charge in [0.25, 0.3) is 0 Å². The summed E-state index contributed by atoms with van der Waals surface area (Å²) >= 11 is 0. The van der Waals surface area contributed by atoms with Crippen molar-refractivity contribution in [1.29, 1.82) is 0 Å². The number of hydrogen-bond acceptors (Lipinski definition) is 1. The van der Waals surface area contributed by atoms with Gasteiger partial charge >= 0.3 is 0 Å². The molecule has 0 aliphatic carbocycles. The van der Waals surface area contributed by atoms with Crippen LogP contribution in [0.3, 0.4) is 0 Å². The molecule has 0 radical (unpaired) electrons. The van der Waals surface area contributed by atoms with Crippen molar-refractivity contribution in [2.24, 2.45) is 0 Å². The minimum absolute atomic E-state index is 0.376. The van der Waals surface area contributed by atoms with Gasteiger partial charge in [0.2, 0.25) is 17.4 Å². The van der Waals surface area contributed by atoms with Crippen LogP contribution in [0.15, 0.2) is 133 Å². The zero-order valence-corrected chi connectivity index (χ0v) is 21.6. The van der Waals surface area contributed by atoms with Gasteiger partial charge < -0.3 is 4.12 Å². The summed E-state index contributed by atoms with van der Waals surface area (Å²) in [5, 5.41) is 5.34. The first-order valence-corrected chi connectivity index (χ1v) is 15.4. The average Bonchev–Trinajstić information content (AvgIpc) is 2.90. The Morgan fingerprint density at radius 2 is 1.06 bits per heavy atom. The molecular formula is C30H32OSi2. The summed E-state index contributed by atoms with van der Waals surface area (Å²) in [5.74, 6) is 0. The molecule has 1 atom stereocenters. The maximum atomic E-state index is 7.69. The van der Waals surface area contributed by atoms with Crippen LogP contribution in [0.1, 0.15) is 20.3 Å². The van der Waals surface area contributed by atoms with Crippen LogP contribution in [0.5, 0.6) is 0 Å². The molecule has 0 saturated heterocycles. The van der Waals surface area contributed by atoms with Gasteiger partial charge in [-0.2, -0.15) is 0 Å². The Morgan fingerprint density at radius 3 is 1.45 bits per heavy atom. The third-order valence-corrected chi connectivity index (χ3v) is 14.7. The second kappa shape index (κ2) is 11.2. The summed E-state index contributed by atoms with van der Waals surface area (Å²) in [6.45, 7) is 4.49. The van der Waals surface area contributed by atoms with Crippen LogP contribution in [0.2, 0.25) is 5.54 Å². The van der Waals surface area contributed by atoms with Crippen molar-refractivity contribution < 1.29 is 4.12 Å². The molecule has 4 aromatic rings. The van der Waals surface area contributed by atoms with Crippen molar-refractivity contribution in [3.05, 3.63) is 133 Å². The van der Waals surface area contributed by atoms with Crippen molar-refractivity contribution in [3.63, 3.8) is 0 Å². The largest absolute Gasteiger partial charge is 0.444 e.